The molecule has 3 N–H and O–H groups in total. The number of ether oxygens (including phenoxy) is 1. The van der Waals surface area contributed by atoms with Gasteiger partial charge in [-0.05, 0) is 30.9 Å². The molecular weight excluding hydrogens is 240 g/mol. The van der Waals surface area contributed by atoms with Gasteiger partial charge in [-0.15, -0.1) is 0 Å². The molecule has 1 aromatic rings. The van der Waals surface area contributed by atoms with Gasteiger partial charge in [0.15, 0.2) is 0 Å². The Morgan fingerprint density at radius 2 is 2.21 bits per heavy atom. The fourth-order valence-electron chi connectivity index (χ4n) is 2.39. The van der Waals surface area contributed by atoms with E-state index in [0.717, 1.165) is 30.6 Å². The minimum absolute atomic E-state index is 0.0929. The van der Waals surface area contributed by atoms with Crippen LogP contribution in [-0.4, -0.2) is 19.1 Å². The largest absolute Gasteiger partial charge is 0.496 e. The van der Waals surface area contributed by atoms with Crippen molar-refractivity contribution in [2.75, 3.05) is 7.11 Å². The molecule has 0 aromatic heterocycles. The van der Waals surface area contributed by atoms with Crippen molar-refractivity contribution in [1.29, 1.82) is 0 Å². The van der Waals surface area contributed by atoms with E-state index >= 15 is 0 Å². The van der Waals surface area contributed by atoms with Crippen LogP contribution < -0.4 is 15.8 Å². The van der Waals surface area contributed by atoms with Crippen LogP contribution in [0, 0.1) is 5.92 Å². The molecule has 0 atom stereocenters. The van der Waals surface area contributed by atoms with E-state index in [-0.39, 0.29) is 17.9 Å². The molecule has 0 heterocycles. The number of carbonyl (C=O) groups is 1. The van der Waals surface area contributed by atoms with E-state index in [9.17, 15) is 4.79 Å². The lowest BCUT2D eigenvalue weighted by Crippen LogP contribution is -2.44. The first kappa shape index (κ1) is 13.9. The molecule has 19 heavy (non-hydrogen) atoms. The molecule has 0 radical (unpaired) electrons. The normalized spacial score (nSPS) is 21.6. The van der Waals surface area contributed by atoms with Gasteiger partial charge in [0.25, 0.3) is 0 Å². The number of nitrogens with one attached hydrogen (secondary N) is 1. The second-order valence-corrected chi connectivity index (χ2v) is 5.15. The number of amides is 1. The zero-order valence-electron chi connectivity index (χ0n) is 11.6. The number of benzene rings is 1. The molecule has 0 aliphatic heterocycles. The molecule has 0 unspecified atom stereocenters. The topological polar surface area (TPSA) is 64.3 Å². The summed E-state index contributed by atoms with van der Waals surface area (Å²) in [5, 5.41) is 2.97. The van der Waals surface area contributed by atoms with E-state index in [2.05, 4.69) is 24.4 Å². The van der Waals surface area contributed by atoms with Gasteiger partial charge >= 0.3 is 0 Å². The molecule has 0 saturated heterocycles. The van der Waals surface area contributed by atoms with E-state index in [1.54, 1.807) is 7.11 Å². The fourth-order valence-corrected chi connectivity index (χ4v) is 2.39. The predicted molar refractivity (Wildman–Crippen MR) is 74.9 cm³/mol. The zero-order valence-corrected chi connectivity index (χ0v) is 11.6. The van der Waals surface area contributed by atoms with Gasteiger partial charge < -0.3 is 15.8 Å². The van der Waals surface area contributed by atoms with Crippen molar-refractivity contribution in [2.24, 2.45) is 11.7 Å². The molecule has 0 bridgehead atoms. The van der Waals surface area contributed by atoms with E-state index in [1.165, 1.54) is 5.56 Å². The highest BCUT2D eigenvalue weighted by atomic mass is 16.5. The summed E-state index contributed by atoms with van der Waals surface area (Å²) < 4.78 is 5.32. The van der Waals surface area contributed by atoms with Crippen molar-refractivity contribution in [1.82, 2.24) is 5.32 Å². The Kier molecular flexibility index (Phi) is 4.43. The van der Waals surface area contributed by atoms with Gasteiger partial charge in [0.2, 0.25) is 5.91 Å². The summed E-state index contributed by atoms with van der Waals surface area (Å²) >= 11 is 0. The molecule has 1 aromatic carbocycles. The second kappa shape index (κ2) is 6.06. The van der Waals surface area contributed by atoms with Crippen LogP contribution in [0.5, 0.6) is 5.75 Å². The highest BCUT2D eigenvalue weighted by Gasteiger charge is 2.31. The summed E-state index contributed by atoms with van der Waals surface area (Å²) in [5.41, 5.74) is 7.97. The summed E-state index contributed by atoms with van der Waals surface area (Å²) in [6, 6.07) is 6.30. The smallest absolute Gasteiger partial charge is 0.223 e. The number of methoxy groups -OCH3 is 1. The first-order valence-electron chi connectivity index (χ1n) is 6.83. The van der Waals surface area contributed by atoms with Crippen molar-refractivity contribution in [3.63, 3.8) is 0 Å². The summed E-state index contributed by atoms with van der Waals surface area (Å²) in [6.07, 6.45) is 2.58. The maximum atomic E-state index is 11.9. The molecule has 1 aliphatic rings. The predicted octanol–water partition coefficient (Wildman–Crippen LogP) is 1.61. The number of nitrogens with two attached hydrogens (primary N) is 1. The SMILES string of the molecule is CCc1ccc(OC)c(CNC(=O)C2CC(N)C2)c1. The van der Waals surface area contributed by atoms with Crippen LogP contribution in [0.3, 0.4) is 0 Å². The zero-order chi connectivity index (χ0) is 13.8. The molecule has 4 heteroatoms. The van der Waals surface area contributed by atoms with Crippen LogP contribution in [0.4, 0.5) is 0 Å². The van der Waals surface area contributed by atoms with Crippen LogP contribution >= 0.6 is 0 Å². The van der Waals surface area contributed by atoms with Crippen molar-refractivity contribution in [2.45, 2.75) is 38.8 Å². The minimum Gasteiger partial charge on any atom is -0.496 e. The summed E-state index contributed by atoms with van der Waals surface area (Å²) in [5.74, 6) is 1.02. The van der Waals surface area contributed by atoms with Gasteiger partial charge in [-0.2, -0.15) is 0 Å². The third-order valence-electron chi connectivity index (χ3n) is 3.75. The van der Waals surface area contributed by atoms with Gasteiger partial charge in [-0.3, -0.25) is 4.79 Å². The van der Waals surface area contributed by atoms with Gasteiger partial charge in [-0.1, -0.05) is 19.1 Å². The Labute approximate surface area is 114 Å². The van der Waals surface area contributed by atoms with E-state index in [1.807, 2.05) is 6.07 Å². The molecule has 0 spiro atoms. The van der Waals surface area contributed by atoms with E-state index in [4.69, 9.17) is 10.5 Å². The third-order valence-corrected chi connectivity index (χ3v) is 3.75. The van der Waals surface area contributed by atoms with Gasteiger partial charge in [0, 0.05) is 24.1 Å². The van der Waals surface area contributed by atoms with Crippen molar-refractivity contribution in [3.8, 4) is 5.75 Å². The molecule has 1 saturated carbocycles. The third kappa shape index (κ3) is 3.26. The molecule has 104 valence electrons. The summed E-state index contributed by atoms with van der Waals surface area (Å²) in [7, 11) is 1.65. The Morgan fingerprint density at radius 1 is 1.47 bits per heavy atom. The standard InChI is InChI=1S/C15H22N2O2/c1-3-10-4-5-14(19-2)12(6-10)9-17-15(18)11-7-13(16)8-11/h4-6,11,13H,3,7-9,16H2,1-2H3,(H,17,18). The molecule has 1 fully saturated rings. The lowest BCUT2D eigenvalue weighted by molar-refractivity contribution is -0.128. The van der Waals surface area contributed by atoms with Gasteiger partial charge in [-0.25, -0.2) is 0 Å². The first-order chi connectivity index (χ1) is 9.13. The maximum absolute atomic E-state index is 11.9. The summed E-state index contributed by atoms with van der Waals surface area (Å²) in [4.78, 5) is 11.9. The van der Waals surface area contributed by atoms with Crippen LogP contribution in [0.2, 0.25) is 0 Å². The quantitative estimate of drug-likeness (QED) is 0.847. The molecule has 1 amide bonds. The molecule has 1 aliphatic carbocycles. The van der Waals surface area contributed by atoms with Crippen LogP contribution in [0.1, 0.15) is 30.9 Å². The monoisotopic (exact) mass is 262 g/mol. The molecule has 2 rings (SSSR count). The summed E-state index contributed by atoms with van der Waals surface area (Å²) in [6.45, 7) is 2.63. The Balaban J connectivity index is 1.96. The lowest BCUT2D eigenvalue weighted by Gasteiger charge is -2.31. The number of rotatable bonds is 5. The number of aryl methyl sites for hydroxylation is 1. The average molecular weight is 262 g/mol. The Morgan fingerprint density at radius 3 is 2.79 bits per heavy atom. The second-order valence-electron chi connectivity index (χ2n) is 5.15. The van der Waals surface area contributed by atoms with E-state index in [0.29, 0.717) is 6.54 Å². The fraction of sp³-hybridized carbons (Fsp3) is 0.533. The van der Waals surface area contributed by atoms with Crippen molar-refractivity contribution < 1.29 is 9.53 Å². The number of hydrogen-bond donors (Lipinski definition) is 2. The van der Waals surface area contributed by atoms with Crippen LogP contribution in [-0.2, 0) is 17.8 Å². The molecule has 4 nitrogen and oxygen atoms in total. The van der Waals surface area contributed by atoms with Gasteiger partial charge in [0.1, 0.15) is 5.75 Å². The van der Waals surface area contributed by atoms with Crippen molar-refractivity contribution in [3.05, 3.63) is 29.3 Å². The van der Waals surface area contributed by atoms with Crippen LogP contribution in [0.25, 0.3) is 0 Å². The first-order valence-corrected chi connectivity index (χ1v) is 6.83. The average Bonchev–Trinajstić information content (AvgIpc) is 2.40. The number of carbonyl (C=O) groups excluding carboxylic acids is 1. The van der Waals surface area contributed by atoms with Crippen LogP contribution in [0.15, 0.2) is 18.2 Å². The minimum atomic E-state index is 0.0929. The molecular formula is C15H22N2O2. The number of hydrogen-bond acceptors (Lipinski definition) is 3. The maximum Gasteiger partial charge on any atom is 0.223 e. The Bertz CT molecular complexity index is 453. The highest BCUT2D eigenvalue weighted by Crippen LogP contribution is 2.26. The highest BCUT2D eigenvalue weighted by molar-refractivity contribution is 5.79. The Hall–Kier alpha value is -1.55. The lowest BCUT2D eigenvalue weighted by atomic mass is 9.80. The van der Waals surface area contributed by atoms with Crippen molar-refractivity contribution >= 4 is 5.91 Å². The van der Waals surface area contributed by atoms with E-state index < -0.39 is 0 Å². The van der Waals surface area contributed by atoms with Gasteiger partial charge in [0.05, 0.1) is 7.11 Å².